The summed E-state index contributed by atoms with van der Waals surface area (Å²) in [6.07, 6.45) is 2.98. The number of urea groups is 1. The van der Waals surface area contributed by atoms with Crippen LogP contribution in [0.25, 0.3) is 10.9 Å². The van der Waals surface area contributed by atoms with E-state index in [1.54, 1.807) is 11.9 Å². The zero-order valence-electron chi connectivity index (χ0n) is 14.3. The van der Waals surface area contributed by atoms with Crippen LogP contribution < -0.4 is 5.32 Å². The summed E-state index contributed by atoms with van der Waals surface area (Å²) >= 11 is 5.98. The van der Waals surface area contributed by atoms with Crippen LogP contribution in [-0.4, -0.2) is 29.1 Å². The van der Waals surface area contributed by atoms with Crippen LogP contribution in [-0.2, 0) is 13.1 Å². The smallest absolute Gasteiger partial charge is 0.317 e. The van der Waals surface area contributed by atoms with Crippen molar-refractivity contribution in [2.45, 2.75) is 19.5 Å². The Morgan fingerprint density at radius 3 is 2.84 bits per heavy atom. The number of carbonyl (C=O) groups excluding carboxylic acids is 1. The van der Waals surface area contributed by atoms with Gasteiger partial charge in [0.25, 0.3) is 0 Å². The summed E-state index contributed by atoms with van der Waals surface area (Å²) in [5.74, 6) is 0. The molecule has 1 heterocycles. The van der Waals surface area contributed by atoms with Crippen LogP contribution in [0, 0.1) is 0 Å². The van der Waals surface area contributed by atoms with E-state index in [1.807, 2.05) is 36.4 Å². The minimum Gasteiger partial charge on any atom is -0.347 e. The van der Waals surface area contributed by atoms with Gasteiger partial charge in [-0.1, -0.05) is 41.9 Å². The highest BCUT2D eigenvalue weighted by Crippen LogP contribution is 2.15. The second-order valence-corrected chi connectivity index (χ2v) is 6.58. The molecule has 0 saturated heterocycles. The van der Waals surface area contributed by atoms with Crippen molar-refractivity contribution in [1.29, 1.82) is 0 Å². The van der Waals surface area contributed by atoms with Gasteiger partial charge in [-0.3, -0.25) is 0 Å². The standard InChI is InChI=1S/C20H22ClN3O/c1-23(15-16-6-4-8-18(21)14-16)20(25)22-11-5-12-24-13-10-17-7-2-3-9-19(17)24/h2-4,6-10,13-14H,5,11-12,15H2,1H3,(H,22,25). The Labute approximate surface area is 153 Å². The van der Waals surface area contributed by atoms with Crippen LogP contribution in [0.1, 0.15) is 12.0 Å². The molecule has 130 valence electrons. The number of benzene rings is 2. The highest BCUT2D eigenvalue weighted by molar-refractivity contribution is 6.30. The molecule has 1 aromatic heterocycles. The summed E-state index contributed by atoms with van der Waals surface area (Å²) in [4.78, 5) is 13.8. The lowest BCUT2D eigenvalue weighted by atomic mass is 10.2. The first kappa shape index (κ1) is 17.4. The van der Waals surface area contributed by atoms with Gasteiger partial charge in [0.15, 0.2) is 0 Å². The van der Waals surface area contributed by atoms with Gasteiger partial charge in [-0.2, -0.15) is 0 Å². The van der Waals surface area contributed by atoms with Gasteiger partial charge in [0.05, 0.1) is 0 Å². The maximum Gasteiger partial charge on any atom is 0.317 e. The predicted octanol–water partition coefficient (Wildman–Crippen LogP) is 4.53. The molecule has 0 aliphatic rings. The van der Waals surface area contributed by atoms with Gasteiger partial charge in [0, 0.05) is 43.4 Å². The first-order valence-electron chi connectivity index (χ1n) is 8.41. The Morgan fingerprint density at radius 1 is 1.16 bits per heavy atom. The summed E-state index contributed by atoms with van der Waals surface area (Å²) in [6, 6.07) is 17.9. The molecule has 0 spiro atoms. The third-order valence-corrected chi connectivity index (χ3v) is 4.42. The van der Waals surface area contributed by atoms with Crippen LogP contribution in [0.2, 0.25) is 5.02 Å². The van der Waals surface area contributed by atoms with Crippen LogP contribution in [0.15, 0.2) is 60.8 Å². The molecule has 5 heteroatoms. The first-order chi connectivity index (χ1) is 12.1. The third kappa shape index (κ3) is 4.54. The molecule has 2 amide bonds. The Bertz CT molecular complexity index is 859. The maximum atomic E-state index is 12.2. The molecule has 0 saturated carbocycles. The SMILES string of the molecule is CN(Cc1cccc(Cl)c1)C(=O)NCCCn1ccc2ccccc21. The fourth-order valence-corrected chi connectivity index (χ4v) is 3.11. The number of carbonyl (C=O) groups is 1. The lowest BCUT2D eigenvalue weighted by Gasteiger charge is -2.18. The molecular weight excluding hydrogens is 334 g/mol. The minimum atomic E-state index is -0.0719. The van der Waals surface area contributed by atoms with Gasteiger partial charge in [-0.05, 0) is 41.6 Å². The third-order valence-electron chi connectivity index (χ3n) is 4.19. The second kappa shape index (κ2) is 8.08. The van der Waals surface area contributed by atoms with Gasteiger partial charge < -0.3 is 14.8 Å². The van der Waals surface area contributed by atoms with E-state index in [4.69, 9.17) is 11.6 Å². The lowest BCUT2D eigenvalue weighted by Crippen LogP contribution is -2.37. The van der Waals surface area contributed by atoms with E-state index in [9.17, 15) is 4.79 Å². The number of nitrogens with zero attached hydrogens (tertiary/aromatic N) is 2. The molecule has 1 N–H and O–H groups in total. The van der Waals surface area contributed by atoms with E-state index in [-0.39, 0.29) is 6.03 Å². The molecule has 2 aromatic carbocycles. The van der Waals surface area contributed by atoms with E-state index in [0.717, 1.165) is 18.5 Å². The topological polar surface area (TPSA) is 37.3 Å². The van der Waals surface area contributed by atoms with Crippen molar-refractivity contribution in [2.24, 2.45) is 0 Å². The predicted molar refractivity (Wildman–Crippen MR) is 103 cm³/mol. The van der Waals surface area contributed by atoms with Gasteiger partial charge in [-0.25, -0.2) is 4.79 Å². The zero-order valence-corrected chi connectivity index (χ0v) is 15.0. The Hall–Kier alpha value is -2.46. The number of nitrogens with one attached hydrogen (secondary N) is 1. The van der Waals surface area contributed by atoms with E-state index in [2.05, 4.69) is 34.3 Å². The summed E-state index contributed by atoms with van der Waals surface area (Å²) in [5.41, 5.74) is 2.25. The number of fused-ring (bicyclic) bond motifs is 1. The van der Waals surface area contributed by atoms with Crippen molar-refractivity contribution in [1.82, 2.24) is 14.8 Å². The van der Waals surface area contributed by atoms with Crippen LogP contribution in [0.4, 0.5) is 4.79 Å². The number of hydrogen-bond donors (Lipinski definition) is 1. The molecular formula is C20H22ClN3O. The minimum absolute atomic E-state index is 0.0719. The molecule has 25 heavy (non-hydrogen) atoms. The molecule has 0 aliphatic carbocycles. The Balaban J connectivity index is 1.44. The van der Waals surface area contributed by atoms with Crippen molar-refractivity contribution in [3.8, 4) is 0 Å². The average Bonchev–Trinajstić information content (AvgIpc) is 3.02. The highest BCUT2D eigenvalue weighted by Gasteiger charge is 2.08. The molecule has 0 fully saturated rings. The maximum absolute atomic E-state index is 12.2. The van der Waals surface area contributed by atoms with Crippen molar-refractivity contribution < 1.29 is 4.79 Å². The number of halogens is 1. The summed E-state index contributed by atoms with van der Waals surface area (Å²) in [6.45, 7) is 2.06. The van der Waals surface area contributed by atoms with Gasteiger partial charge in [0.2, 0.25) is 0 Å². The number of para-hydroxylation sites is 1. The number of rotatable bonds is 6. The van der Waals surface area contributed by atoms with Gasteiger partial charge in [-0.15, -0.1) is 0 Å². The molecule has 0 atom stereocenters. The largest absolute Gasteiger partial charge is 0.347 e. The van der Waals surface area contributed by atoms with Crippen LogP contribution in [0.5, 0.6) is 0 Å². The molecule has 0 bridgehead atoms. The fourth-order valence-electron chi connectivity index (χ4n) is 2.90. The molecule has 3 aromatic rings. The molecule has 0 radical (unpaired) electrons. The van der Waals surface area contributed by atoms with Crippen molar-refractivity contribution >= 4 is 28.5 Å². The van der Waals surface area contributed by atoms with Gasteiger partial charge in [0.1, 0.15) is 0 Å². The fraction of sp³-hybridized carbons (Fsp3) is 0.250. The molecule has 0 unspecified atom stereocenters. The molecule has 0 aliphatic heterocycles. The number of aryl methyl sites for hydroxylation is 1. The van der Waals surface area contributed by atoms with E-state index in [0.29, 0.717) is 18.1 Å². The van der Waals surface area contributed by atoms with Crippen molar-refractivity contribution in [3.05, 3.63) is 71.4 Å². The van der Waals surface area contributed by atoms with E-state index in [1.165, 1.54) is 10.9 Å². The number of amides is 2. The van der Waals surface area contributed by atoms with Gasteiger partial charge >= 0.3 is 6.03 Å². The van der Waals surface area contributed by atoms with E-state index >= 15 is 0 Å². The Kier molecular flexibility index (Phi) is 5.61. The van der Waals surface area contributed by atoms with Crippen LogP contribution >= 0.6 is 11.6 Å². The zero-order chi connectivity index (χ0) is 17.6. The van der Waals surface area contributed by atoms with Crippen LogP contribution in [0.3, 0.4) is 0 Å². The molecule has 4 nitrogen and oxygen atoms in total. The number of aromatic nitrogens is 1. The quantitative estimate of drug-likeness (QED) is 0.648. The lowest BCUT2D eigenvalue weighted by molar-refractivity contribution is 0.206. The number of hydrogen-bond acceptors (Lipinski definition) is 1. The highest BCUT2D eigenvalue weighted by atomic mass is 35.5. The monoisotopic (exact) mass is 355 g/mol. The van der Waals surface area contributed by atoms with Crippen molar-refractivity contribution in [2.75, 3.05) is 13.6 Å². The van der Waals surface area contributed by atoms with E-state index < -0.39 is 0 Å². The summed E-state index contributed by atoms with van der Waals surface area (Å²) < 4.78 is 2.22. The second-order valence-electron chi connectivity index (χ2n) is 6.14. The average molecular weight is 356 g/mol. The van der Waals surface area contributed by atoms with Crippen molar-refractivity contribution in [3.63, 3.8) is 0 Å². The first-order valence-corrected chi connectivity index (χ1v) is 8.78. The normalized spacial score (nSPS) is 10.8. The Morgan fingerprint density at radius 2 is 2.00 bits per heavy atom. The summed E-state index contributed by atoms with van der Waals surface area (Å²) in [7, 11) is 1.79. The summed E-state index contributed by atoms with van der Waals surface area (Å²) in [5, 5.41) is 4.90. The molecule has 3 rings (SSSR count).